The van der Waals surface area contributed by atoms with Crippen LogP contribution in [0.2, 0.25) is 10.0 Å². The van der Waals surface area contributed by atoms with Crippen molar-refractivity contribution in [2.24, 2.45) is 0 Å². The molecular formula is C18H19Cl2N5O. The number of nitrogens with one attached hydrogen (secondary N) is 1. The number of hydrogen-bond donors (Lipinski definition) is 1. The second-order valence-electron chi connectivity index (χ2n) is 5.71. The van der Waals surface area contributed by atoms with E-state index in [4.69, 9.17) is 27.9 Å². The summed E-state index contributed by atoms with van der Waals surface area (Å²) in [4.78, 5) is 0. The molecule has 26 heavy (non-hydrogen) atoms. The van der Waals surface area contributed by atoms with Gasteiger partial charge in [-0.15, -0.1) is 0 Å². The Morgan fingerprint density at radius 2 is 1.81 bits per heavy atom. The Kier molecular flexibility index (Phi) is 6.30. The molecule has 3 rings (SSSR count). The molecule has 0 amide bonds. The van der Waals surface area contributed by atoms with Gasteiger partial charge >= 0.3 is 0 Å². The van der Waals surface area contributed by atoms with E-state index >= 15 is 0 Å². The zero-order chi connectivity index (χ0) is 18.4. The summed E-state index contributed by atoms with van der Waals surface area (Å²) in [7, 11) is 0. The summed E-state index contributed by atoms with van der Waals surface area (Å²) in [5.41, 5.74) is 1.88. The Balaban J connectivity index is 1.56. The van der Waals surface area contributed by atoms with Crippen molar-refractivity contribution in [1.82, 2.24) is 20.2 Å². The minimum absolute atomic E-state index is 0.321. The quantitative estimate of drug-likeness (QED) is 0.608. The fourth-order valence-electron chi connectivity index (χ4n) is 2.40. The molecule has 0 aliphatic heterocycles. The third kappa shape index (κ3) is 4.65. The first-order chi connectivity index (χ1) is 12.7. The second kappa shape index (κ2) is 8.87. The Hall–Kier alpha value is -2.31. The molecule has 1 aromatic heterocycles. The molecule has 2 aromatic carbocycles. The number of tetrazole rings is 1. The lowest BCUT2D eigenvalue weighted by atomic mass is 10.2. The van der Waals surface area contributed by atoms with Crippen LogP contribution in [0.1, 0.15) is 24.5 Å². The summed E-state index contributed by atoms with van der Waals surface area (Å²) in [6.07, 6.45) is 0.973. The molecule has 6 nitrogen and oxygen atoms in total. The van der Waals surface area contributed by atoms with Crippen LogP contribution in [0.4, 0.5) is 5.95 Å². The molecule has 0 aliphatic carbocycles. The summed E-state index contributed by atoms with van der Waals surface area (Å²) < 4.78 is 7.54. The number of nitrogens with zero attached hydrogens (tertiary/aromatic N) is 4. The predicted octanol–water partition coefficient (Wildman–Crippen LogP) is 4.58. The summed E-state index contributed by atoms with van der Waals surface area (Å²) in [5, 5.41) is 16.1. The van der Waals surface area contributed by atoms with Crippen LogP contribution in [0.15, 0.2) is 42.5 Å². The lowest BCUT2D eigenvalue weighted by molar-refractivity contribution is 0.306. The van der Waals surface area contributed by atoms with Crippen molar-refractivity contribution in [3.8, 4) is 5.75 Å². The molecule has 3 aromatic rings. The summed E-state index contributed by atoms with van der Waals surface area (Å²) >= 11 is 12.3. The number of hydrogen-bond acceptors (Lipinski definition) is 5. The lowest BCUT2D eigenvalue weighted by Gasteiger charge is -2.10. The standard InChI is InChI=1S/C18H19Cl2N5O/c1-2-10-25-18(22-23-24-25)21-11-13-6-8-14(9-7-13)26-12-15-16(19)4-3-5-17(15)20/h3-9H,2,10-12H2,1H3,(H,21,22,24). The van der Waals surface area contributed by atoms with E-state index in [2.05, 4.69) is 27.8 Å². The normalized spacial score (nSPS) is 10.7. The smallest absolute Gasteiger partial charge is 0.243 e. The molecule has 0 bridgehead atoms. The van der Waals surface area contributed by atoms with E-state index in [0.717, 1.165) is 29.8 Å². The van der Waals surface area contributed by atoms with Crippen molar-refractivity contribution in [2.45, 2.75) is 33.0 Å². The van der Waals surface area contributed by atoms with Gasteiger partial charge in [-0.1, -0.05) is 53.4 Å². The summed E-state index contributed by atoms with van der Waals surface area (Å²) in [6.45, 7) is 3.81. The Morgan fingerprint density at radius 1 is 1.08 bits per heavy atom. The minimum Gasteiger partial charge on any atom is -0.489 e. The van der Waals surface area contributed by atoms with Crippen LogP contribution in [-0.4, -0.2) is 20.2 Å². The lowest BCUT2D eigenvalue weighted by Crippen LogP contribution is -2.08. The van der Waals surface area contributed by atoms with Crippen LogP contribution in [0, 0.1) is 0 Å². The van der Waals surface area contributed by atoms with Crippen LogP contribution >= 0.6 is 23.2 Å². The van der Waals surface area contributed by atoms with Gasteiger partial charge in [0, 0.05) is 28.7 Å². The van der Waals surface area contributed by atoms with Crippen molar-refractivity contribution >= 4 is 29.2 Å². The monoisotopic (exact) mass is 391 g/mol. The van der Waals surface area contributed by atoms with Crippen molar-refractivity contribution in [1.29, 1.82) is 0 Å². The third-order valence-electron chi connectivity index (χ3n) is 3.79. The van der Waals surface area contributed by atoms with Crippen molar-refractivity contribution < 1.29 is 4.74 Å². The molecule has 0 saturated carbocycles. The number of benzene rings is 2. The number of anilines is 1. The maximum absolute atomic E-state index is 6.16. The van der Waals surface area contributed by atoms with Crippen LogP contribution in [0.3, 0.4) is 0 Å². The van der Waals surface area contributed by atoms with Crippen LogP contribution < -0.4 is 10.1 Å². The average Bonchev–Trinajstić information content (AvgIpc) is 3.08. The maximum atomic E-state index is 6.16. The van der Waals surface area contributed by atoms with Gasteiger partial charge in [-0.05, 0) is 46.7 Å². The van der Waals surface area contributed by atoms with E-state index in [0.29, 0.717) is 29.1 Å². The van der Waals surface area contributed by atoms with E-state index in [1.165, 1.54) is 0 Å². The SMILES string of the molecule is CCCn1nnnc1NCc1ccc(OCc2c(Cl)cccc2Cl)cc1. The number of aromatic nitrogens is 4. The molecule has 0 saturated heterocycles. The Bertz CT molecular complexity index is 831. The molecule has 1 heterocycles. The zero-order valence-electron chi connectivity index (χ0n) is 14.3. The van der Waals surface area contributed by atoms with Crippen molar-refractivity contribution in [2.75, 3.05) is 5.32 Å². The van der Waals surface area contributed by atoms with E-state index in [1.54, 1.807) is 16.8 Å². The van der Waals surface area contributed by atoms with Gasteiger partial charge in [0.15, 0.2) is 0 Å². The Morgan fingerprint density at radius 3 is 2.50 bits per heavy atom. The topological polar surface area (TPSA) is 64.9 Å². The fourth-order valence-corrected chi connectivity index (χ4v) is 2.91. The van der Waals surface area contributed by atoms with Gasteiger partial charge in [-0.2, -0.15) is 0 Å². The zero-order valence-corrected chi connectivity index (χ0v) is 15.8. The molecule has 0 spiro atoms. The molecule has 0 atom stereocenters. The second-order valence-corrected chi connectivity index (χ2v) is 6.53. The van der Waals surface area contributed by atoms with Gasteiger partial charge < -0.3 is 10.1 Å². The fraction of sp³-hybridized carbons (Fsp3) is 0.278. The van der Waals surface area contributed by atoms with Crippen molar-refractivity contribution in [3.05, 3.63) is 63.6 Å². The van der Waals surface area contributed by atoms with Crippen molar-refractivity contribution in [3.63, 3.8) is 0 Å². The van der Waals surface area contributed by atoms with Gasteiger partial charge in [0.05, 0.1) is 0 Å². The molecule has 0 radical (unpaired) electrons. The number of halogens is 2. The van der Waals surface area contributed by atoms with Gasteiger partial charge in [0.2, 0.25) is 5.95 Å². The van der Waals surface area contributed by atoms with Crippen LogP contribution in [-0.2, 0) is 19.7 Å². The highest BCUT2D eigenvalue weighted by atomic mass is 35.5. The summed E-state index contributed by atoms with van der Waals surface area (Å²) in [6, 6.07) is 13.2. The predicted molar refractivity (Wildman–Crippen MR) is 103 cm³/mol. The average molecular weight is 392 g/mol. The molecular weight excluding hydrogens is 373 g/mol. The first kappa shape index (κ1) is 18.5. The highest BCUT2D eigenvalue weighted by Crippen LogP contribution is 2.26. The third-order valence-corrected chi connectivity index (χ3v) is 4.49. The highest BCUT2D eigenvalue weighted by Gasteiger charge is 2.07. The molecule has 0 aliphatic rings. The van der Waals surface area contributed by atoms with Gasteiger partial charge in [0.1, 0.15) is 12.4 Å². The summed E-state index contributed by atoms with van der Waals surface area (Å²) in [5.74, 6) is 1.42. The Labute approximate surface area is 162 Å². The number of rotatable bonds is 8. The maximum Gasteiger partial charge on any atom is 0.243 e. The van der Waals surface area contributed by atoms with Gasteiger partial charge in [-0.25, -0.2) is 4.68 Å². The molecule has 0 fully saturated rings. The van der Waals surface area contributed by atoms with Crippen LogP contribution in [0.25, 0.3) is 0 Å². The number of ether oxygens (including phenoxy) is 1. The highest BCUT2D eigenvalue weighted by molar-refractivity contribution is 6.35. The van der Waals surface area contributed by atoms with Gasteiger partial charge in [0.25, 0.3) is 0 Å². The first-order valence-electron chi connectivity index (χ1n) is 8.32. The van der Waals surface area contributed by atoms with Crippen LogP contribution in [0.5, 0.6) is 5.75 Å². The van der Waals surface area contributed by atoms with Gasteiger partial charge in [-0.3, -0.25) is 0 Å². The van der Waals surface area contributed by atoms with E-state index in [-0.39, 0.29) is 0 Å². The van der Waals surface area contributed by atoms with E-state index < -0.39 is 0 Å². The molecule has 8 heteroatoms. The first-order valence-corrected chi connectivity index (χ1v) is 9.07. The van der Waals surface area contributed by atoms with E-state index in [1.807, 2.05) is 30.3 Å². The molecule has 136 valence electrons. The number of aryl methyl sites for hydroxylation is 1. The van der Waals surface area contributed by atoms with E-state index in [9.17, 15) is 0 Å². The molecule has 1 N–H and O–H groups in total. The minimum atomic E-state index is 0.321. The largest absolute Gasteiger partial charge is 0.489 e. The molecule has 0 unspecified atom stereocenters.